The molecular formula is C28H31ClF3N3O3S. The average Bonchev–Trinajstić information content (AvgIpc) is 2.90. The van der Waals surface area contributed by atoms with Crippen molar-refractivity contribution in [3.8, 4) is 5.75 Å². The van der Waals surface area contributed by atoms with Crippen LogP contribution < -0.4 is 10.5 Å². The number of benzene rings is 2. The number of piperidine rings is 1. The summed E-state index contributed by atoms with van der Waals surface area (Å²) in [5, 5.41) is 10.9. The van der Waals surface area contributed by atoms with E-state index in [2.05, 4.69) is 9.88 Å². The molecule has 1 aromatic heterocycles. The maximum absolute atomic E-state index is 14.0. The molecule has 1 fully saturated rings. The molecule has 2 unspecified atom stereocenters. The smallest absolute Gasteiger partial charge is 0.303 e. The summed E-state index contributed by atoms with van der Waals surface area (Å²) in [5.41, 5.74) is 8.19. The van der Waals surface area contributed by atoms with Crippen molar-refractivity contribution >= 4 is 40.2 Å². The first-order valence-electron chi connectivity index (χ1n) is 12.8. The Kier molecular flexibility index (Phi) is 9.98. The Morgan fingerprint density at radius 1 is 1.28 bits per heavy atom. The van der Waals surface area contributed by atoms with Crippen LogP contribution in [0.2, 0.25) is 5.02 Å². The number of likely N-dealkylation sites (tertiary alicyclic amines) is 1. The van der Waals surface area contributed by atoms with Gasteiger partial charge in [0, 0.05) is 53.8 Å². The SMILES string of the molecule is COc1ccc2ncc(Cl)c([C@H](N)CCC3CCN(CCSc4cc(F)cc(F)c4F)CC3CC(=O)O)c2c1. The lowest BCUT2D eigenvalue weighted by atomic mass is 9.79. The quantitative estimate of drug-likeness (QED) is 0.203. The van der Waals surface area contributed by atoms with Crippen LogP contribution in [0.5, 0.6) is 5.75 Å². The summed E-state index contributed by atoms with van der Waals surface area (Å²) >= 11 is 7.56. The molecule has 6 nitrogen and oxygen atoms in total. The molecular weight excluding hydrogens is 551 g/mol. The molecule has 2 aromatic carbocycles. The van der Waals surface area contributed by atoms with Gasteiger partial charge in [-0.05, 0) is 67.5 Å². The number of aromatic nitrogens is 1. The summed E-state index contributed by atoms with van der Waals surface area (Å²) in [4.78, 5) is 18.1. The molecule has 3 N–H and O–H groups in total. The van der Waals surface area contributed by atoms with E-state index in [9.17, 15) is 23.1 Å². The second-order valence-electron chi connectivity index (χ2n) is 9.84. The van der Waals surface area contributed by atoms with Crippen molar-refractivity contribution in [1.29, 1.82) is 0 Å². The number of thioether (sulfide) groups is 1. The predicted molar refractivity (Wildman–Crippen MR) is 147 cm³/mol. The minimum Gasteiger partial charge on any atom is -0.497 e. The third kappa shape index (κ3) is 7.36. The normalized spacial score (nSPS) is 18.8. The summed E-state index contributed by atoms with van der Waals surface area (Å²) < 4.78 is 46.3. The fourth-order valence-corrected chi connectivity index (χ4v) is 6.61. The third-order valence-corrected chi connectivity index (χ3v) is 8.62. The minimum absolute atomic E-state index is 0.0312. The zero-order chi connectivity index (χ0) is 28.1. The van der Waals surface area contributed by atoms with Crippen LogP contribution in [0.1, 0.15) is 37.3 Å². The molecule has 0 aliphatic carbocycles. The number of carbonyl (C=O) groups is 1. The van der Waals surface area contributed by atoms with Crippen LogP contribution in [0.25, 0.3) is 10.9 Å². The van der Waals surface area contributed by atoms with Gasteiger partial charge < -0.3 is 20.5 Å². The summed E-state index contributed by atoms with van der Waals surface area (Å²) in [5.74, 6) is -2.77. The lowest BCUT2D eigenvalue weighted by Gasteiger charge is -2.38. The third-order valence-electron chi connectivity index (χ3n) is 7.32. The van der Waals surface area contributed by atoms with Gasteiger partial charge in [0.05, 0.1) is 17.6 Å². The van der Waals surface area contributed by atoms with Gasteiger partial charge >= 0.3 is 5.97 Å². The van der Waals surface area contributed by atoms with Gasteiger partial charge in [-0.2, -0.15) is 0 Å². The van der Waals surface area contributed by atoms with Crippen LogP contribution >= 0.6 is 23.4 Å². The molecule has 4 rings (SSSR count). The first kappa shape index (κ1) is 29.5. The number of aliphatic carboxylic acids is 1. The van der Waals surface area contributed by atoms with E-state index in [1.165, 1.54) is 0 Å². The Labute approximate surface area is 234 Å². The average molecular weight is 582 g/mol. The van der Waals surface area contributed by atoms with Gasteiger partial charge in [0.2, 0.25) is 0 Å². The highest BCUT2D eigenvalue weighted by atomic mass is 35.5. The first-order chi connectivity index (χ1) is 18.7. The van der Waals surface area contributed by atoms with Crippen LogP contribution in [0, 0.1) is 29.3 Å². The molecule has 0 spiro atoms. The molecule has 2 heterocycles. The van der Waals surface area contributed by atoms with Crippen LogP contribution in [-0.2, 0) is 4.79 Å². The predicted octanol–water partition coefficient (Wildman–Crippen LogP) is 6.30. The van der Waals surface area contributed by atoms with Crippen LogP contribution in [0.4, 0.5) is 13.2 Å². The second-order valence-corrected chi connectivity index (χ2v) is 11.4. The van der Waals surface area contributed by atoms with Crippen LogP contribution in [0.3, 0.4) is 0 Å². The first-order valence-corrected chi connectivity index (χ1v) is 14.1. The Morgan fingerprint density at radius 2 is 2.08 bits per heavy atom. The molecule has 11 heteroatoms. The number of nitrogens with zero attached hydrogens (tertiary/aromatic N) is 2. The number of pyridine rings is 1. The number of carboxylic acid groups (broad SMARTS) is 1. The van der Waals surface area contributed by atoms with Gasteiger partial charge in [-0.1, -0.05) is 11.6 Å². The molecule has 210 valence electrons. The highest BCUT2D eigenvalue weighted by Crippen LogP contribution is 2.37. The number of nitrogens with two attached hydrogens (primary N) is 1. The van der Waals surface area contributed by atoms with E-state index in [0.717, 1.165) is 53.7 Å². The van der Waals surface area contributed by atoms with E-state index < -0.39 is 23.4 Å². The van der Waals surface area contributed by atoms with Gasteiger partial charge in [0.1, 0.15) is 11.6 Å². The van der Waals surface area contributed by atoms with E-state index in [-0.39, 0.29) is 29.2 Å². The zero-order valence-electron chi connectivity index (χ0n) is 21.5. The molecule has 0 amide bonds. The summed E-state index contributed by atoms with van der Waals surface area (Å²) in [6.07, 6.45) is 3.77. The maximum Gasteiger partial charge on any atom is 0.303 e. The molecule has 3 aromatic rings. The van der Waals surface area contributed by atoms with Gasteiger partial charge in [-0.25, -0.2) is 13.2 Å². The molecule has 39 heavy (non-hydrogen) atoms. The van der Waals surface area contributed by atoms with Gasteiger partial charge in [-0.3, -0.25) is 9.78 Å². The van der Waals surface area contributed by atoms with Crippen molar-refractivity contribution in [2.24, 2.45) is 17.6 Å². The molecule has 0 radical (unpaired) electrons. The van der Waals surface area contributed by atoms with Crippen molar-refractivity contribution in [3.63, 3.8) is 0 Å². The highest BCUT2D eigenvalue weighted by molar-refractivity contribution is 7.99. The van der Waals surface area contributed by atoms with E-state index in [1.54, 1.807) is 13.3 Å². The second kappa shape index (κ2) is 13.2. The fourth-order valence-electron chi connectivity index (χ4n) is 5.33. The monoisotopic (exact) mass is 581 g/mol. The van der Waals surface area contributed by atoms with Crippen molar-refractivity contribution in [3.05, 3.63) is 64.6 Å². The van der Waals surface area contributed by atoms with Crippen molar-refractivity contribution in [2.45, 2.75) is 36.6 Å². The largest absolute Gasteiger partial charge is 0.497 e. The number of hydrogen-bond donors (Lipinski definition) is 2. The molecule has 1 aliphatic heterocycles. The topological polar surface area (TPSA) is 88.7 Å². The maximum atomic E-state index is 14.0. The van der Waals surface area contributed by atoms with Crippen LogP contribution in [-0.4, -0.2) is 53.5 Å². The molecule has 3 atom stereocenters. The van der Waals surface area contributed by atoms with Crippen molar-refractivity contribution in [1.82, 2.24) is 9.88 Å². The number of halogens is 4. The van der Waals surface area contributed by atoms with Gasteiger partial charge in [-0.15, -0.1) is 11.8 Å². The molecule has 0 bridgehead atoms. The molecule has 1 saturated heterocycles. The van der Waals surface area contributed by atoms with E-state index in [4.69, 9.17) is 22.1 Å². The lowest BCUT2D eigenvalue weighted by molar-refractivity contribution is -0.139. The number of fused-ring (bicyclic) bond motifs is 1. The number of ether oxygens (including phenoxy) is 1. The highest BCUT2D eigenvalue weighted by Gasteiger charge is 2.31. The fraction of sp³-hybridized carbons (Fsp3) is 0.429. The van der Waals surface area contributed by atoms with Crippen LogP contribution in [0.15, 0.2) is 41.4 Å². The van der Waals surface area contributed by atoms with E-state index in [0.29, 0.717) is 42.1 Å². The summed E-state index contributed by atoms with van der Waals surface area (Å²) in [6.45, 7) is 1.86. The standard InChI is InChI=1S/C28H31ClF3N3O3S/c1-38-19-3-5-24-20(13-19)27(21(29)14-34-24)23(33)4-2-16-6-7-35(15-17(16)10-26(36)37)8-9-39-25-12-18(30)11-22(31)28(25)32/h3,5,11-14,16-17,23H,2,4,6-10,15,33H2,1H3,(H,36,37)/t16?,17?,23-/m1/s1. The lowest BCUT2D eigenvalue weighted by Crippen LogP contribution is -2.42. The number of hydrogen-bond acceptors (Lipinski definition) is 6. The van der Waals surface area contributed by atoms with Gasteiger partial charge in [0.15, 0.2) is 11.6 Å². The van der Waals surface area contributed by atoms with Crippen molar-refractivity contribution in [2.75, 3.05) is 32.5 Å². The minimum atomic E-state index is -1.21. The Hall–Kier alpha value is -2.53. The Morgan fingerprint density at radius 3 is 2.82 bits per heavy atom. The van der Waals surface area contributed by atoms with E-state index >= 15 is 0 Å². The summed E-state index contributed by atoms with van der Waals surface area (Å²) in [6, 6.07) is 6.70. The van der Waals surface area contributed by atoms with E-state index in [1.807, 2.05) is 18.2 Å². The zero-order valence-corrected chi connectivity index (χ0v) is 23.1. The molecule has 1 aliphatic rings. The summed E-state index contributed by atoms with van der Waals surface area (Å²) in [7, 11) is 1.59. The molecule has 0 saturated carbocycles. The Balaban J connectivity index is 1.38. The Bertz CT molecular complexity index is 1330. The van der Waals surface area contributed by atoms with Crippen molar-refractivity contribution < 1.29 is 27.8 Å². The number of rotatable bonds is 11. The number of methoxy groups -OCH3 is 1. The van der Waals surface area contributed by atoms with Gasteiger partial charge in [0.25, 0.3) is 0 Å². The number of carboxylic acids is 1.